The third-order valence-electron chi connectivity index (χ3n) is 4.69. The SMILES string of the molecule is O=C(CSc1nc2ccccc2n1Cc1ccccc1Cl)NN=Cc1cc(I)cc(I)c1O. The van der Waals surface area contributed by atoms with Gasteiger partial charge in [-0.25, -0.2) is 10.4 Å². The van der Waals surface area contributed by atoms with Gasteiger partial charge < -0.3 is 9.67 Å². The van der Waals surface area contributed by atoms with Crippen molar-refractivity contribution >= 4 is 91.7 Å². The van der Waals surface area contributed by atoms with E-state index in [2.05, 4.69) is 60.3 Å². The molecule has 6 nitrogen and oxygen atoms in total. The van der Waals surface area contributed by atoms with Gasteiger partial charge in [0.25, 0.3) is 5.91 Å². The summed E-state index contributed by atoms with van der Waals surface area (Å²) in [5.74, 6) is 0.00282. The van der Waals surface area contributed by atoms with Crippen LogP contribution in [0.1, 0.15) is 11.1 Å². The molecule has 1 aromatic heterocycles. The number of hydrazone groups is 1. The number of carbonyl (C=O) groups excluding carboxylic acids is 1. The molecule has 1 amide bonds. The lowest BCUT2D eigenvalue weighted by molar-refractivity contribution is -0.118. The molecule has 168 valence electrons. The number of amides is 1. The molecule has 0 aliphatic rings. The van der Waals surface area contributed by atoms with Crippen LogP contribution < -0.4 is 5.43 Å². The molecule has 0 aliphatic carbocycles. The third kappa shape index (κ3) is 6.00. The number of fused-ring (bicyclic) bond motifs is 1. The Bertz CT molecular complexity index is 1360. The van der Waals surface area contributed by atoms with Crippen molar-refractivity contribution in [2.24, 2.45) is 5.10 Å². The highest BCUT2D eigenvalue weighted by molar-refractivity contribution is 14.1. The van der Waals surface area contributed by atoms with Crippen molar-refractivity contribution in [2.75, 3.05) is 5.75 Å². The molecule has 2 N–H and O–H groups in total. The van der Waals surface area contributed by atoms with Gasteiger partial charge in [-0.2, -0.15) is 5.10 Å². The maximum absolute atomic E-state index is 12.4. The lowest BCUT2D eigenvalue weighted by Crippen LogP contribution is -2.20. The minimum Gasteiger partial charge on any atom is -0.506 e. The van der Waals surface area contributed by atoms with Gasteiger partial charge >= 0.3 is 0 Å². The lowest BCUT2D eigenvalue weighted by Gasteiger charge is -2.10. The third-order valence-corrected chi connectivity index (χ3v) is 7.48. The van der Waals surface area contributed by atoms with Gasteiger partial charge in [0.2, 0.25) is 0 Å². The summed E-state index contributed by atoms with van der Waals surface area (Å²) in [7, 11) is 0. The Hall–Kier alpha value is -1.83. The fourth-order valence-electron chi connectivity index (χ4n) is 3.13. The zero-order chi connectivity index (χ0) is 23.4. The second-order valence-electron chi connectivity index (χ2n) is 6.97. The number of aromatic hydroxyl groups is 1. The summed E-state index contributed by atoms with van der Waals surface area (Å²) in [5.41, 5.74) is 5.86. The van der Waals surface area contributed by atoms with Crippen LogP contribution in [0, 0.1) is 7.14 Å². The maximum atomic E-state index is 12.4. The van der Waals surface area contributed by atoms with Crippen LogP contribution in [0.25, 0.3) is 11.0 Å². The predicted octanol–water partition coefficient (Wildman–Crippen LogP) is 5.90. The standard InChI is InChI=1S/C23H17ClI2N4O2S/c24-17-6-2-1-5-14(17)12-30-20-8-4-3-7-19(20)28-23(30)33-13-21(31)29-27-11-15-9-16(25)10-18(26)22(15)32/h1-11,32H,12-13H2,(H,29,31). The smallest absolute Gasteiger partial charge is 0.250 e. The largest absolute Gasteiger partial charge is 0.506 e. The van der Waals surface area contributed by atoms with Crippen molar-refractivity contribution in [3.63, 3.8) is 0 Å². The number of nitrogens with zero attached hydrogens (tertiary/aromatic N) is 3. The van der Waals surface area contributed by atoms with E-state index >= 15 is 0 Å². The first-order valence-corrected chi connectivity index (χ1v) is 13.3. The van der Waals surface area contributed by atoms with Gasteiger partial charge in [-0.3, -0.25) is 4.79 Å². The highest BCUT2D eigenvalue weighted by Crippen LogP contribution is 2.27. The first kappa shape index (κ1) is 24.3. The molecule has 0 atom stereocenters. The molecule has 0 saturated heterocycles. The number of hydrogen-bond donors (Lipinski definition) is 2. The van der Waals surface area contributed by atoms with E-state index in [0.29, 0.717) is 17.1 Å². The average molecular weight is 703 g/mol. The number of rotatable bonds is 7. The summed E-state index contributed by atoms with van der Waals surface area (Å²) < 4.78 is 3.75. The van der Waals surface area contributed by atoms with Gasteiger partial charge in [0.1, 0.15) is 5.75 Å². The van der Waals surface area contributed by atoms with Crippen LogP contribution in [-0.4, -0.2) is 32.5 Å². The number of aromatic nitrogens is 2. The molecule has 3 aromatic carbocycles. The zero-order valence-electron chi connectivity index (χ0n) is 17.0. The number of benzene rings is 3. The van der Waals surface area contributed by atoms with E-state index in [4.69, 9.17) is 16.6 Å². The topological polar surface area (TPSA) is 79.5 Å². The summed E-state index contributed by atoms with van der Waals surface area (Å²) in [6.07, 6.45) is 1.44. The quantitative estimate of drug-likeness (QED) is 0.109. The number of halogens is 3. The molecule has 0 fully saturated rings. The van der Waals surface area contributed by atoms with E-state index in [-0.39, 0.29) is 17.4 Å². The minimum atomic E-state index is -0.271. The summed E-state index contributed by atoms with van der Waals surface area (Å²) in [6, 6.07) is 19.2. The van der Waals surface area contributed by atoms with E-state index in [1.165, 1.54) is 18.0 Å². The van der Waals surface area contributed by atoms with Crippen LogP contribution in [0.15, 0.2) is 70.9 Å². The molecule has 0 spiro atoms. The molecule has 4 rings (SSSR count). The summed E-state index contributed by atoms with van der Waals surface area (Å²) in [4.78, 5) is 17.1. The highest BCUT2D eigenvalue weighted by atomic mass is 127. The van der Waals surface area contributed by atoms with E-state index in [9.17, 15) is 9.90 Å². The molecule has 10 heteroatoms. The number of carbonyl (C=O) groups is 1. The number of nitrogens with one attached hydrogen (secondary N) is 1. The first-order valence-electron chi connectivity index (χ1n) is 9.74. The summed E-state index contributed by atoms with van der Waals surface area (Å²) >= 11 is 11.9. The Morgan fingerprint density at radius 1 is 1.18 bits per heavy atom. The van der Waals surface area contributed by atoms with E-state index in [0.717, 1.165) is 28.9 Å². The molecule has 0 saturated carbocycles. The molecule has 0 bridgehead atoms. The Balaban J connectivity index is 1.47. The Morgan fingerprint density at radius 2 is 1.94 bits per heavy atom. The molecule has 33 heavy (non-hydrogen) atoms. The Labute approximate surface area is 227 Å². The van der Waals surface area contributed by atoms with Crippen molar-refractivity contribution in [2.45, 2.75) is 11.7 Å². The number of thioether (sulfide) groups is 1. The van der Waals surface area contributed by atoms with Crippen molar-refractivity contribution in [3.05, 3.63) is 84.0 Å². The van der Waals surface area contributed by atoms with E-state index in [1.807, 2.05) is 54.6 Å². The van der Waals surface area contributed by atoms with Crippen LogP contribution in [0.3, 0.4) is 0 Å². The number of hydrogen-bond acceptors (Lipinski definition) is 5. The first-order chi connectivity index (χ1) is 15.9. The fourth-order valence-corrected chi connectivity index (χ4v) is 6.03. The van der Waals surface area contributed by atoms with Crippen LogP contribution in [0.5, 0.6) is 5.75 Å². The van der Waals surface area contributed by atoms with E-state index < -0.39 is 0 Å². The fraction of sp³-hybridized carbons (Fsp3) is 0.0870. The number of phenols is 1. The average Bonchev–Trinajstić information content (AvgIpc) is 3.14. The molecule has 4 aromatic rings. The van der Waals surface area contributed by atoms with Crippen molar-refractivity contribution in [1.29, 1.82) is 0 Å². The number of imidazole rings is 1. The van der Waals surface area contributed by atoms with Crippen molar-refractivity contribution in [1.82, 2.24) is 15.0 Å². The van der Waals surface area contributed by atoms with Gasteiger partial charge in [0.15, 0.2) is 5.16 Å². The molecule has 1 heterocycles. The van der Waals surface area contributed by atoms with Crippen LogP contribution >= 0.6 is 68.5 Å². The Morgan fingerprint density at radius 3 is 2.76 bits per heavy atom. The van der Waals surface area contributed by atoms with Crippen LogP contribution in [0.2, 0.25) is 5.02 Å². The zero-order valence-corrected chi connectivity index (χ0v) is 22.9. The molecular formula is C23H17ClI2N4O2S. The number of para-hydroxylation sites is 2. The van der Waals surface area contributed by atoms with Gasteiger partial charge in [-0.1, -0.05) is 53.7 Å². The number of phenolic OH excluding ortho intramolecular Hbond substituents is 1. The monoisotopic (exact) mass is 702 g/mol. The van der Waals surface area contributed by atoms with Gasteiger partial charge in [-0.05, 0) is 81.1 Å². The second-order valence-corrected chi connectivity index (χ2v) is 10.7. The van der Waals surface area contributed by atoms with Gasteiger partial charge in [-0.15, -0.1) is 0 Å². The normalized spacial score (nSPS) is 11.4. The summed E-state index contributed by atoms with van der Waals surface area (Å²) in [6.45, 7) is 0.548. The second kappa shape index (κ2) is 11.1. The van der Waals surface area contributed by atoms with Gasteiger partial charge in [0.05, 0.1) is 33.1 Å². The molecule has 0 radical (unpaired) electrons. The van der Waals surface area contributed by atoms with E-state index in [1.54, 1.807) is 6.07 Å². The minimum absolute atomic E-state index is 0.136. The van der Waals surface area contributed by atoms with Crippen LogP contribution in [-0.2, 0) is 11.3 Å². The molecular weight excluding hydrogens is 686 g/mol. The maximum Gasteiger partial charge on any atom is 0.250 e. The highest BCUT2D eigenvalue weighted by Gasteiger charge is 2.14. The van der Waals surface area contributed by atoms with Gasteiger partial charge in [0, 0.05) is 14.2 Å². The summed E-state index contributed by atoms with van der Waals surface area (Å²) in [5, 5.41) is 15.5. The van der Waals surface area contributed by atoms with Crippen molar-refractivity contribution in [3.8, 4) is 5.75 Å². The lowest BCUT2D eigenvalue weighted by atomic mass is 10.2. The van der Waals surface area contributed by atoms with Crippen molar-refractivity contribution < 1.29 is 9.90 Å². The molecule has 0 unspecified atom stereocenters. The van der Waals surface area contributed by atoms with Crippen LogP contribution in [0.4, 0.5) is 0 Å². The Kier molecular flexibility index (Phi) is 8.15. The predicted molar refractivity (Wildman–Crippen MR) is 150 cm³/mol. The molecule has 0 aliphatic heterocycles.